The summed E-state index contributed by atoms with van der Waals surface area (Å²) in [6.45, 7) is 6.41. The standard InChI is InChI=1S/C22H32N4S/c1-3-26(4-2)20-7-5-16(6-8-20)15-23-25-21(27)24-22-12-17-9-18(13-22)11-19(10-17)14-22/h5-8,15,17-19H,3-4,9-14H2,1-2H3,(H2,24,25,27)/b23-15-. The minimum Gasteiger partial charge on any atom is -0.372 e. The van der Waals surface area contributed by atoms with Crippen molar-refractivity contribution >= 4 is 29.2 Å². The van der Waals surface area contributed by atoms with Gasteiger partial charge in [-0.1, -0.05) is 12.1 Å². The largest absolute Gasteiger partial charge is 0.372 e. The number of benzene rings is 1. The van der Waals surface area contributed by atoms with Crippen LogP contribution in [-0.4, -0.2) is 30.0 Å². The SMILES string of the molecule is CCN(CC)c1ccc(/C=N\NC(=S)NC23CC4CC(CC(C4)C2)C3)cc1. The van der Waals surface area contributed by atoms with Crippen LogP contribution in [0.1, 0.15) is 57.9 Å². The summed E-state index contributed by atoms with van der Waals surface area (Å²) in [4.78, 5) is 2.34. The molecule has 0 radical (unpaired) electrons. The summed E-state index contributed by atoms with van der Waals surface area (Å²) < 4.78 is 0. The van der Waals surface area contributed by atoms with Gasteiger partial charge >= 0.3 is 0 Å². The average molecular weight is 385 g/mol. The van der Waals surface area contributed by atoms with Crippen LogP contribution in [0.4, 0.5) is 5.69 Å². The van der Waals surface area contributed by atoms with Gasteiger partial charge in [-0.25, -0.2) is 0 Å². The van der Waals surface area contributed by atoms with Gasteiger partial charge < -0.3 is 10.2 Å². The Morgan fingerprint density at radius 3 is 2.15 bits per heavy atom. The van der Waals surface area contributed by atoms with Gasteiger partial charge in [-0.15, -0.1) is 0 Å². The van der Waals surface area contributed by atoms with Crippen molar-refractivity contribution in [2.45, 2.75) is 57.9 Å². The average Bonchev–Trinajstić information content (AvgIpc) is 2.62. The molecule has 2 N–H and O–H groups in total. The second-order valence-electron chi connectivity index (χ2n) is 8.79. The Kier molecular flexibility index (Phi) is 5.40. The van der Waals surface area contributed by atoms with E-state index in [1.165, 1.54) is 44.2 Å². The Bertz CT molecular complexity index is 657. The number of nitrogens with zero attached hydrogens (tertiary/aromatic N) is 2. The second kappa shape index (κ2) is 7.78. The Morgan fingerprint density at radius 2 is 1.63 bits per heavy atom. The molecule has 5 heteroatoms. The van der Waals surface area contributed by atoms with E-state index in [1.54, 1.807) is 0 Å². The molecular weight excluding hydrogens is 352 g/mol. The van der Waals surface area contributed by atoms with E-state index in [0.717, 1.165) is 36.4 Å². The van der Waals surface area contributed by atoms with Crippen molar-refractivity contribution in [2.75, 3.05) is 18.0 Å². The predicted octanol–water partition coefficient (Wildman–Crippen LogP) is 4.30. The minimum absolute atomic E-state index is 0.236. The summed E-state index contributed by atoms with van der Waals surface area (Å²) in [5, 5.41) is 8.69. The summed E-state index contributed by atoms with van der Waals surface area (Å²) in [5.74, 6) is 2.75. The summed E-state index contributed by atoms with van der Waals surface area (Å²) in [7, 11) is 0. The summed E-state index contributed by atoms with van der Waals surface area (Å²) >= 11 is 5.55. The van der Waals surface area contributed by atoms with Crippen LogP contribution in [0.15, 0.2) is 29.4 Å². The number of thiocarbonyl (C=S) groups is 1. The molecule has 146 valence electrons. The molecule has 27 heavy (non-hydrogen) atoms. The van der Waals surface area contributed by atoms with Crippen molar-refractivity contribution in [3.63, 3.8) is 0 Å². The quantitative estimate of drug-likeness (QED) is 0.436. The molecule has 0 aromatic heterocycles. The van der Waals surface area contributed by atoms with E-state index >= 15 is 0 Å². The number of hydrazone groups is 1. The maximum absolute atomic E-state index is 5.55. The molecule has 0 atom stereocenters. The van der Waals surface area contributed by atoms with Crippen LogP contribution in [0, 0.1) is 17.8 Å². The van der Waals surface area contributed by atoms with E-state index in [1.807, 2.05) is 6.21 Å². The van der Waals surface area contributed by atoms with Crippen molar-refractivity contribution < 1.29 is 0 Å². The molecule has 4 aliphatic rings. The third-order valence-corrected chi connectivity index (χ3v) is 7.01. The van der Waals surface area contributed by atoms with E-state index in [2.05, 4.69) is 58.9 Å². The molecule has 4 nitrogen and oxygen atoms in total. The lowest BCUT2D eigenvalue weighted by Gasteiger charge is -2.57. The van der Waals surface area contributed by atoms with Crippen LogP contribution >= 0.6 is 12.2 Å². The fourth-order valence-electron chi connectivity index (χ4n) is 6.06. The molecular formula is C22H32N4S. The molecule has 5 rings (SSSR count). The number of hydrogen-bond donors (Lipinski definition) is 2. The van der Waals surface area contributed by atoms with Gasteiger partial charge in [0.2, 0.25) is 0 Å². The van der Waals surface area contributed by atoms with E-state index in [-0.39, 0.29) is 5.54 Å². The molecule has 1 aromatic rings. The molecule has 4 aliphatic carbocycles. The highest BCUT2D eigenvalue weighted by Gasteiger charge is 2.51. The molecule has 0 spiro atoms. The fraction of sp³-hybridized carbons (Fsp3) is 0.636. The maximum atomic E-state index is 5.55. The van der Waals surface area contributed by atoms with Gasteiger partial charge in [0.15, 0.2) is 5.11 Å². The fourth-order valence-corrected chi connectivity index (χ4v) is 6.33. The Labute approximate surface area is 168 Å². The lowest BCUT2D eigenvalue weighted by Crippen LogP contribution is -2.61. The first-order valence-corrected chi connectivity index (χ1v) is 11.0. The van der Waals surface area contributed by atoms with Crippen molar-refractivity contribution in [1.82, 2.24) is 10.7 Å². The molecule has 0 aliphatic heterocycles. The summed E-state index contributed by atoms with van der Waals surface area (Å²) in [6.07, 6.45) is 10.1. The Hall–Kier alpha value is -1.62. The van der Waals surface area contributed by atoms with Crippen molar-refractivity contribution in [3.05, 3.63) is 29.8 Å². The minimum atomic E-state index is 0.236. The highest BCUT2D eigenvalue weighted by atomic mass is 32.1. The van der Waals surface area contributed by atoms with Crippen LogP contribution in [0.2, 0.25) is 0 Å². The number of rotatable bonds is 6. The maximum Gasteiger partial charge on any atom is 0.187 e. The van der Waals surface area contributed by atoms with Gasteiger partial charge in [0.1, 0.15) is 0 Å². The lowest BCUT2D eigenvalue weighted by molar-refractivity contribution is -0.0101. The third kappa shape index (κ3) is 4.13. The monoisotopic (exact) mass is 384 g/mol. The van der Waals surface area contributed by atoms with Crippen LogP contribution in [0.25, 0.3) is 0 Å². The van der Waals surface area contributed by atoms with Crippen molar-refractivity contribution in [1.29, 1.82) is 0 Å². The van der Waals surface area contributed by atoms with E-state index in [4.69, 9.17) is 12.2 Å². The van der Waals surface area contributed by atoms with Crippen LogP contribution in [0.5, 0.6) is 0 Å². The number of hydrogen-bond acceptors (Lipinski definition) is 3. The summed E-state index contributed by atoms with van der Waals surface area (Å²) in [6, 6.07) is 8.52. The van der Waals surface area contributed by atoms with Gasteiger partial charge in [-0.05, 0) is 100 Å². The number of nitrogens with one attached hydrogen (secondary N) is 2. The Balaban J connectivity index is 1.30. The van der Waals surface area contributed by atoms with Gasteiger partial charge in [0.05, 0.1) is 6.21 Å². The summed E-state index contributed by atoms with van der Waals surface area (Å²) in [5.41, 5.74) is 5.61. The van der Waals surface area contributed by atoms with E-state index in [9.17, 15) is 0 Å². The number of anilines is 1. The normalized spacial score (nSPS) is 31.3. The zero-order valence-electron chi connectivity index (χ0n) is 16.6. The van der Waals surface area contributed by atoms with Gasteiger partial charge in [0, 0.05) is 24.3 Å². The molecule has 0 amide bonds. The van der Waals surface area contributed by atoms with Crippen LogP contribution < -0.4 is 15.6 Å². The van der Waals surface area contributed by atoms with Crippen molar-refractivity contribution in [3.8, 4) is 0 Å². The first kappa shape index (κ1) is 18.7. The van der Waals surface area contributed by atoms with Crippen LogP contribution in [0.3, 0.4) is 0 Å². The lowest BCUT2D eigenvalue weighted by atomic mass is 9.53. The van der Waals surface area contributed by atoms with Gasteiger partial charge in [-0.3, -0.25) is 5.43 Å². The van der Waals surface area contributed by atoms with E-state index in [0.29, 0.717) is 5.11 Å². The highest BCUT2D eigenvalue weighted by Crippen LogP contribution is 2.55. The molecule has 4 saturated carbocycles. The first-order chi connectivity index (χ1) is 13.1. The van der Waals surface area contributed by atoms with Gasteiger partial charge in [0.25, 0.3) is 0 Å². The van der Waals surface area contributed by atoms with Gasteiger partial charge in [-0.2, -0.15) is 5.10 Å². The molecule has 1 aromatic carbocycles. The second-order valence-corrected chi connectivity index (χ2v) is 9.19. The third-order valence-electron chi connectivity index (χ3n) is 6.82. The zero-order valence-corrected chi connectivity index (χ0v) is 17.4. The predicted molar refractivity (Wildman–Crippen MR) is 117 cm³/mol. The first-order valence-electron chi connectivity index (χ1n) is 10.6. The highest BCUT2D eigenvalue weighted by molar-refractivity contribution is 7.80. The molecule has 4 bridgehead atoms. The molecule has 0 heterocycles. The zero-order chi connectivity index (χ0) is 18.9. The topological polar surface area (TPSA) is 39.7 Å². The van der Waals surface area contributed by atoms with Crippen LogP contribution in [-0.2, 0) is 0 Å². The Morgan fingerprint density at radius 1 is 1.07 bits per heavy atom. The van der Waals surface area contributed by atoms with Crippen molar-refractivity contribution in [2.24, 2.45) is 22.9 Å². The molecule has 0 unspecified atom stereocenters. The molecule has 0 saturated heterocycles. The van der Waals surface area contributed by atoms with E-state index < -0.39 is 0 Å². The molecule has 4 fully saturated rings. The smallest absolute Gasteiger partial charge is 0.187 e.